The number of ether oxygens (including phenoxy) is 1. The molecule has 1 heterocycles. The molecule has 0 fully saturated rings. The van der Waals surface area contributed by atoms with E-state index in [1.54, 1.807) is 6.92 Å². The fourth-order valence-corrected chi connectivity index (χ4v) is 1.63. The molecule has 0 aliphatic rings. The summed E-state index contributed by atoms with van der Waals surface area (Å²) in [6.07, 6.45) is -2.85. The van der Waals surface area contributed by atoms with Crippen LogP contribution in [-0.4, -0.2) is 22.5 Å². The number of hydrogen-bond donors (Lipinski definition) is 0. The lowest BCUT2D eigenvalue weighted by Gasteiger charge is -2.08. The lowest BCUT2D eigenvalue weighted by molar-refractivity contribution is -0.387. The van der Waals surface area contributed by atoms with Crippen molar-refractivity contribution in [2.24, 2.45) is 0 Å². The molecule has 0 N–H and O–H groups in total. The molecule has 0 radical (unpaired) electrons. The van der Waals surface area contributed by atoms with Crippen molar-refractivity contribution in [3.05, 3.63) is 32.6 Å². The van der Waals surface area contributed by atoms with Gasteiger partial charge in [0, 0.05) is 6.20 Å². The second-order valence-electron chi connectivity index (χ2n) is 3.36. The number of nitro groups is 1. The van der Waals surface area contributed by atoms with Crippen LogP contribution in [0.5, 0.6) is 0 Å². The highest BCUT2D eigenvalue weighted by atomic mass is 35.5. The highest BCUT2D eigenvalue weighted by Gasteiger charge is 2.30. The summed E-state index contributed by atoms with van der Waals surface area (Å²) in [6.45, 7) is 1.61. The van der Waals surface area contributed by atoms with Gasteiger partial charge in [-0.15, -0.1) is 0 Å². The summed E-state index contributed by atoms with van der Waals surface area (Å²) in [7, 11) is 0. The standard InChI is InChI=1S/C10H9ClF2N2O4/c1-2-19-7(16)3-5-6(11)4-14-8(10(12)13)9(5)15(17)18/h4,10H,2-3H2,1H3. The summed E-state index contributed by atoms with van der Waals surface area (Å²) in [6, 6.07) is 0. The lowest BCUT2D eigenvalue weighted by Crippen LogP contribution is -2.12. The van der Waals surface area contributed by atoms with E-state index >= 15 is 0 Å². The van der Waals surface area contributed by atoms with Crippen LogP contribution in [0.4, 0.5) is 14.5 Å². The van der Waals surface area contributed by atoms with Gasteiger partial charge in [-0.1, -0.05) is 11.6 Å². The average Bonchev–Trinajstić information content (AvgIpc) is 2.31. The minimum Gasteiger partial charge on any atom is -0.466 e. The second kappa shape index (κ2) is 6.37. The topological polar surface area (TPSA) is 82.3 Å². The lowest BCUT2D eigenvalue weighted by atomic mass is 10.1. The molecule has 0 saturated heterocycles. The van der Waals surface area contributed by atoms with Crippen LogP contribution in [-0.2, 0) is 16.0 Å². The predicted octanol–water partition coefficient (Wildman–Crippen LogP) is 2.69. The number of hydrogen-bond acceptors (Lipinski definition) is 5. The summed E-state index contributed by atoms with van der Waals surface area (Å²) in [5.41, 5.74) is -2.29. The Morgan fingerprint density at radius 1 is 1.63 bits per heavy atom. The molecule has 0 amide bonds. The van der Waals surface area contributed by atoms with Crippen LogP contribution in [0.2, 0.25) is 5.02 Å². The van der Waals surface area contributed by atoms with Gasteiger partial charge in [-0.25, -0.2) is 13.8 Å². The number of alkyl halides is 2. The van der Waals surface area contributed by atoms with Gasteiger partial charge in [0.25, 0.3) is 6.43 Å². The molecule has 104 valence electrons. The smallest absolute Gasteiger partial charge is 0.310 e. The second-order valence-corrected chi connectivity index (χ2v) is 3.77. The van der Waals surface area contributed by atoms with Crippen molar-refractivity contribution in [1.82, 2.24) is 4.98 Å². The van der Waals surface area contributed by atoms with Gasteiger partial charge < -0.3 is 4.74 Å². The van der Waals surface area contributed by atoms with E-state index in [-0.39, 0.29) is 17.2 Å². The first-order chi connectivity index (χ1) is 8.88. The Labute approximate surface area is 111 Å². The zero-order valence-electron chi connectivity index (χ0n) is 9.73. The highest BCUT2D eigenvalue weighted by Crippen LogP contribution is 2.34. The largest absolute Gasteiger partial charge is 0.466 e. The van der Waals surface area contributed by atoms with Crippen LogP contribution in [0.15, 0.2) is 6.20 Å². The van der Waals surface area contributed by atoms with Crippen molar-refractivity contribution in [2.45, 2.75) is 19.8 Å². The molecule has 0 bridgehead atoms. The van der Waals surface area contributed by atoms with Gasteiger partial charge in [-0.05, 0) is 6.92 Å². The van der Waals surface area contributed by atoms with Gasteiger partial charge in [-0.2, -0.15) is 0 Å². The quantitative estimate of drug-likeness (QED) is 0.474. The number of nitrogens with zero attached hydrogens (tertiary/aromatic N) is 2. The van der Waals surface area contributed by atoms with Crippen molar-refractivity contribution >= 4 is 23.3 Å². The molecule has 1 aromatic heterocycles. The predicted molar refractivity (Wildman–Crippen MR) is 61.2 cm³/mol. The fourth-order valence-electron chi connectivity index (χ4n) is 1.42. The molecule has 9 heteroatoms. The maximum absolute atomic E-state index is 12.7. The molecule has 0 atom stereocenters. The van der Waals surface area contributed by atoms with E-state index < -0.39 is 35.1 Å². The number of rotatable bonds is 5. The van der Waals surface area contributed by atoms with Crippen LogP contribution in [0.25, 0.3) is 0 Å². The first kappa shape index (κ1) is 15.2. The number of carbonyl (C=O) groups is 1. The summed E-state index contributed by atoms with van der Waals surface area (Å²) in [4.78, 5) is 24.4. The molecule has 6 nitrogen and oxygen atoms in total. The molecule has 0 aliphatic heterocycles. The van der Waals surface area contributed by atoms with Gasteiger partial charge in [0.05, 0.1) is 28.5 Å². The molecule has 0 aliphatic carbocycles. The Morgan fingerprint density at radius 3 is 2.74 bits per heavy atom. The molecule has 1 aromatic rings. The Kier molecular flexibility index (Phi) is 5.11. The van der Waals surface area contributed by atoms with E-state index in [1.165, 1.54) is 0 Å². The molecule has 1 rings (SSSR count). The van der Waals surface area contributed by atoms with Gasteiger partial charge in [0.15, 0.2) is 5.69 Å². The van der Waals surface area contributed by atoms with Crippen LogP contribution >= 0.6 is 11.6 Å². The van der Waals surface area contributed by atoms with E-state index in [4.69, 9.17) is 11.6 Å². The van der Waals surface area contributed by atoms with Crippen molar-refractivity contribution in [3.8, 4) is 0 Å². The number of esters is 1. The van der Waals surface area contributed by atoms with Gasteiger partial charge in [-0.3, -0.25) is 14.9 Å². The number of halogens is 3. The molecule has 0 spiro atoms. The van der Waals surface area contributed by atoms with Gasteiger partial charge in [0.1, 0.15) is 0 Å². The third-order valence-corrected chi connectivity index (χ3v) is 2.48. The fraction of sp³-hybridized carbons (Fsp3) is 0.400. The maximum Gasteiger partial charge on any atom is 0.310 e. The van der Waals surface area contributed by atoms with Crippen molar-refractivity contribution < 1.29 is 23.2 Å². The van der Waals surface area contributed by atoms with Crippen LogP contribution in [0.3, 0.4) is 0 Å². The molecular weight excluding hydrogens is 286 g/mol. The number of pyridine rings is 1. The molecule has 0 aromatic carbocycles. The van der Waals surface area contributed by atoms with Crippen LogP contribution in [0.1, 0.15) is 24.6 Å². The monoisotopic (exact) mass is 294 g/mol. The molecule has 0 saturated carbocycles. The Bertz CT molecular complexity index is 511. The summed E-state index contributed by atoms with van der Waals surface area (Å²) in [5, 5.41) is 10.6. The highest BCUT2D eigenvalue weighted by molar-refractivity contribution is 6.31. The van der Waals surface area contributed by atoms with Crippen LogP contribution < -0.4 is 0 Å². The van der Waals surface area contributed by atoms with E-state index in [0.29, 0.717) is 0 Å². The van der Waals surface area contributed by atoms with Crippen molar-refractivity contribution in [2.75, 3.05) is 6.61 Å². The SMILES string of the molecule is CCOC(=O)Cc1c(Cl)cnc(C(F)F)c1[N+](=O)[O-]. The van der Waals surface area contributed by atoms with Gasteiger partial charge in [0.2, 0.25) is 0 Å². The Balaban J connectivity index is 3.31. The maximum atomic E-state index is 12.7. The van der Waals surface area contributed by atoms with E-state index in [0.717, 1.165) is 6.20 Å². The minimum atomic E-state index is -3.14. The molecule has 19 heavy (non-hydrogen) atoms. The number of carbonyl (C=O) groups excluding carboxylic acids is 1. The first-order valence-electron chi connectivity index (χ1n) is 5.13. The zero-order valence-corrected chi connectivity index (χ0v) is 10.5. The Hall–Kier alpha value is -1.83. The average molecular weight is 295 g/mol. The summed E-state index contributed by atoms with van der Waals surface area (Å²) < 4.78 is 29.9. The minimum absolute atomic E-state index is 0.0665. The Morgan fingerprint density at radius 2 is 2.26 bits per heavy atom. The first-order valence-corrected chi connectivity index (χ1v) is 5.51. The number of aromatic nitrogens is 1. The van der Waals surface area contributed by atoms with E-state index in [9.17, 15) is 23.7 Å². The zero-order chi connectivity index (χ0) is 14.6. The third kappa shape index (κ3) is 3.57. The van der Waals surface area contributed by atoms with Crippen molar-refractivity contribution in [1.29, 1.82) is 0 Å². The van der Waals surface area contributed by atoms with Crippen LogP contribution in [0, 0.1) is 10.1 Å². The van der Waals surface area contributed by atoms with E-state index in [2.05, 4.69) is 9.72 Å². The normalized spacial score (nSPS) is 10.6. The third-order valence-electron chi connectivity index (χ3n) is 2.15. The molecule has 0 unspecified atom stereocenters. The molecular formula is C10H9ClF2N2O4. The summed E-state index contributed by atoms with van der Waals surface area (Å²) in [5.74, 6) is -0.793. The van der Waals surface area contributed by atoms with Gasteiger partial charge >= 0.3 is 11.7 Å². The van der Waals surface area contributed by atoms with Crippen molar-refractivity contribution in [3.63, 3.8) is 0 Å². The summed E-state index contributed by atoms with van der Waals surface area (Å²) >= 11 is 5.67. The van der Waals surface area contributed by atoms with E-state index in [1.807, 2.05) is 0 Å².